The minimum absolute atomic E-state index is 0.0535. The van der Waals surface area contributed by atoms with Crippen molar-refractivity contribution in [1.82, 2.24) is 20.0 Å². The van der Waals surface area contributed by atoms with Crippen molar-refractivity contribution in [3.05, 3.63) is 35.6 Å². The van der Waals surface area contributed by atoms with Gasteiger partial charge in [0, 0.05) is 39.6 Å². The number of rotatable bonds is 4. The second-order valence-corrected chi connectivity index (χ2v) is 7.34. The van der Waals surface area contributed by atoms with Crippen molar-refractivity contribution < 1.29 is 14.0 Å². The van der Waals surface area contributed by atoms with Gasteiger partial charge in [-0.25, -0.2) is 9.18 Å². The number of hydrogen-bond acceptors (Lipinski definition) is 3. The van der Waals surface area contributed by atoms with Crippen LogP contribution in [0.3, 0.4) is 0 Å². The molecule has 2 aliphatic rings. The normalized spacial score (nSPS) is 19.6. The summed E-state index contributed by atoms with van der Waals surface area (Å²) in [6, 6.07) is 6.53. The molecule has 1 N–H and O–H groups in total. The monoisotopic (exact) mass is 376 g/mol. The highest BCUT2D eigenvalue weighted by Gasteiger charge is 2.26. The first-order valence-corrected chi connectivity index (χ1v) is 9.82. The van der Waals surface area contributed by atoms with Crippen LogP contribution in [0.15, 0.2) is 24.3 Å². The molecule has 1 atom stereocenters. The van der Waals surface area contributed by atoms with Crippen LogP contribution in [0.25, 0.3) is 0 Å². The van der Waals surface area contributed by atoms with E-state index in [9.17, 15) is 14.0 Å². The minimum Gasteiger partial charge on any atom is -0.341 e. The van der Waals surface area contributed by atoms with Crippen molar-refractivity contribution in [3.63, 3.8) is 0 Å². The van der Waals surface area contributed by atoms with Crippen molar-refractivity contribution in [2.75, 3.05) is 45.8 Å². The lowest BCUT2D eigenvalue weighted by Gasteiger charge is -2.29. The fraction of sp³-hybridized carbons (Fsp3) is 0.600. The Balaban J connectivity index is 1.60. The van der Waals surface area contributed by atoms with E-state index in [2.05, 4.69) is 10.2 Å². The average molecular weight is 376 g/mol. The Hall–Kier alpha value is -2.15. The van der Waals surface area contributed by atoms with Gasteiger partial charge in [0.25, 0.3) is 0 Å². The number of nitrogens with zero attached hydrogens (tertiary/aromatic N) is 3. The highest BCUT2D eigenvalue weighted by atomic mass is 19.1. The average Bonchev–Trinajstić information content (AvgIpc) is 3.06. The molecule has 3 amide bonds. The quantitative estimate of drug-likeness (QED) is 0.877. The zero-order valence-corrected chi connectivity index (χ0v) is 16.0. The Kier molecular flexibility index (Phi) is 6.66. The summed E-state index contributed by atoms with van der Waals surface area (Å²) >= 11 is 0. The molecule has 2 aliphatic heterocycles. The van der Waals surface area contributed by atoms with Crippen LogP contribution in [0.4, 0.5) is 9.18 Å². The number of hydrogen-bond donors (Lipinski definition) is 1. The van der Waals surface area contributed by atoms with Gasteiger partial charge in [-0.05, 0) is 50.0 Å². The van der Waals surface area contributed by atoms with Crippen LogP contribution in [0.1, 0.15) is 37.8 Å². The zero-order chi connectivity index (χ0) is 19.2. The first-order chi connectivity index (χ1) is 13.0. The van der Waals surface area contributed by atoms with E-state index in [4.69, 9.17) is 0 Å². The molecule has 3 rings (SSSR count). The second-order valence-electron chi connectivity index (χ2n) is 7.34. The van der Waals surface area contributed by atoms with Crippen LogP contribution in [0.5, 0.6) is 0 Å². The van der Waals surface area contributed by atoms with Crippen LogP contribution in [-0.4, -0.2) is 72.5 Å². The Morgan fingerprint density at radius 1 is 0.963 bits per heavy atom. The SMILES string of the molecule is CC(=O)N1CCCN(C(=O)NC[C@@H](c2ccc(F)cc2)N2CCCC2)CC1. The third kappa shape index (κ3) is 5.19. The molecule has 1 aromatic carbocycles. The molecule has 0 bridgehead atoms. The topological polar surface area (TPSA) is 55.9 Å². The van der Waals surface area contributed by atoms with Gasteiger partial charge in [-0.2, -0.15) is 0 Å². The van der Waals surface area contributed by atoms with E-state index in [1.807, 2.05) is 0 Å². The van der Waals surface area contributed by atoms with Gasteiger partial charge in [-0.1, -0.05) is 12.1 Å². The smallest absolute Gasteiger partial charge is 0.317 e. The van der Waals surface area contributed by atoms with Crippen molar-refractivity contribution in [3.8, 4) is 0 Å². The number of amides is 3. The van der Waals surface area contributed by atoms with Gasteiger partial charge < -0.3 is 15.1 Å². The molecule has 2 saturated heterocycles. The molecular formula is C20H29FN4O2. The maximum atomic E-state index is 13.3. The zero-order valence-electron chi connectivity index (χ0n) is 16.0. The molecule has 7 heteroatoms. The summed E-state index contributed by atoms with van der Waals surface area (Å²) in [7, 11) is 0. The molecule has 0 radical (unpaired) electrons. The molecule has 6 nitrogen and oxygen atoms in total. The first-order valence-electron chi connectivity index (χ1n) is 9.82. The molecule has 0 aromatic heterocycles. The second kappa shape index (κ2) is 9.17. The third-order valence-electron chi connectivity index (χ3n) is 5.51. The highest BCUT2D eigenvalue weighted by molar-refractivity contribution is 5.75. The summed E-state index contributed by atoms with van der Waals surface area (Å²) in [5, 5.41) is 3.06. The molecule has 1 aromatic rings. The molecule has 27 heavy (non-hydrogen) atoms. The van der Waals surface area contributed by atoms with Crippen LogP contribution in [0.2, 0.25) is 0 Å². The van der Waals surface area contributed by atoms with Crippen LogP contribution in [-0.2, 0) is 4.79 Å². The molecule has 2 heterocycles. The van der Waals surface area contributed by atoms with Crippen molar-refractivity contribution >= 4 is 11.9 Å². The number of urea groups is 1. The van der Waals surface area contributed by atoms with Crippen LogP contribution >= 0.6 is 0 Å². The molecule has 0 spiro atoms. The first kappa shape index (κ1) is 19.6. The lowest BCUT2D eigenvalue weighted by Crippen LogP contribution is -2.45. The molecule has 0 saturated carbocycles. The van der Waals surface area contributed by atoms with Gasteiger partial charge >= 0.3 is 6.03 Å². The van der Waals surface area contributed by atoms with Gasteiger partial charge in [0.2, 0.25) is 5.91 Å². The van der Waals surface area contributed by atoms with Crippen molar-refractivity contribution in [2.45, 2.75) is 32.2 Å². The Labute approximate surface area is 160 Å². The van der Waals surface area contributed by atoms with E-state index >= 15 is 0 Å². The lowest BCUT2D eigenvalue weighted by molar-refractivity contribution is -0.128. The van der Waals surface area contributed by atoms with E-state index in [0.29, 0.717) is 32.7 Å². The van der Waals surface area contributed by atoms with E-state index in [0.717, 1.165) is 37.9 Å². The van der Waals surface area contributed by atoms with Crippen molar-refractivity contribution in [1.29, 1.82) is 0 Å². The van der Waals surface area contributed by atoms with Crippen LogP contribution < -0.4 is 5.32 Å². The minimum atomic E-state index is -0.248. The fourth-order valence-electron chi connectivity index (χ4n) is 3.93. The number of nitrogens with one attached hydrogen (secondary N) is 1. The Morgan fingerprint density at radius 3 is 2.26 bits per heavy atom. The van der Waals surface area contributed by atoms with Gasteiger partial charge in [-0.3, -0.25) is 9.69 Å². The largest absolute Gasteiger partial charge is 0.341 e. The van der Waals surface area contributed by atoms with E-state index in [1.165, 1.54) is 12.1 Å². The fourth-order valence-corrected chi connectivity index (χ4v) is 3.93. The third-order valence-corrected chi connectivity index (χ3v) is 5.51. The number of benzene rings is 1. The van der Waals surface area contributed by atoms with Gasteiger partial charge in [0.1, 0.15) is 5.82 Å². The van der Waals surface area contributed by atoms with Gasteiger partial charge in [-0.15, -0.1) is 0 Å². The maximum Gasteiger partial charge on any atom is 0.317 e. The Bertz CT molecular complexity index is 646. The summed E-state index contributed by atoms with van der Waals surface area (Å²) in [6.07, 6.45) is 3.10. The van der Waals surface area contributed by atoms with Gasteiger partial charge in [0.15, 0.2) is 0 Å². The molecule has 148 valence electrons. The molecule has 2 fully saturated rings. The van der Waals surface area contributed by atoms with E-state index < -0.39 is 0 Å². The maximum absolute atomic E-state index is 13.3. The van der Waals surface area contributed by atoms with Gasteiger partial charge in [0.05, 0.1) is 6.04 Å². The summed E-state index contributed by atoms with van der Waals surface area (Å²) < 4.78 is 13.3. The number of carbonyl (C=O) groups excluding carboxylic acids is 2. The lowest BCUT2D eigenvalue weighted by atomic mass is 10.1. The predicted octanol–water partition coefficient (Wildman–Crippen LogP) is 2.23. The standard InChI is InChI=1S/C20H29FN4O2/c1-16(26)23-11-4-12-25(14-13-23)20(27)22-15-19(24-9-2-3-10-24)17-5-7-18(21)8-6-17/h5-8,19H,2-4,9-15H2,1H3,(H,22,27)/t19-/m0/s1. The summed E-state index contributed by atoms with van der Waals surface area (Å²) in [5.41, 5.74) is 1.03. The molecule has 0 aliphatic carbocycles. The highest BCUT2D eigenvalue weighted by Crippen LogP contribution is 2.25. The Morgan fingerprint density at radius 2 is 1.59 bits per heavy atom. The molecule has 0 unspecified atom stereocenters. The predicted molar refractivity (Wildman–Crippen MR) is 102 cm³/mol. The summed E-state index contributed by atoms with van der Waals surface area (Å²) in [5.74, 6) is -0.190. The summed E-state index contributed by atoms with van der Waals surface area (Å²) in [4.78, 5) is 30.1. The van der Waals surface area contributed by atoms with E-state index in [1.54, 1.807) is 28.9 Å². The number of halogens is 1. The van der Waals surface area contributed by atoms with E-state index in [-0.39, 0.29) is 23.8 Å². The number of likely N-dealkylation sites (tertiary alicyclic amines) is 1. The van der Waals surface area contributed by atoms with Crippen LogP contribution in [0, 0.1) is 5.82 Å². The molecular weight excluding hydrogens is 347 g/mol. The number of carbonyl (C=O) groups is 2. The summed E-state index contributed by atoms with van der Waals surface area (Å²) in [6.45, 7) is 6.54. The van der Waals surface area contributed by atoms with Crippen molar-refractivity contribution in [2.24, 2.45) is 0 Å².